The SMILES string of the molecule is CCCNC1CCC(S(=O)(=O)C(C)C(C)C)C1. The molecule has 1 aliphatic rings. The van der Waals surface area contributed by atoms with Gasteiger partial charge in [0.1, 0.15) is 0 Å². The molecule has 1 fully saturated rings. The van der Waals surface area contributed by atoms with Gasteiger partial charge in [-0.2, -0.15) is 0 Å². The maximum atomic E-state index is 12.4. The number of hydrogen-bond acceptors (Lipinski definition) is 3. The van der Waals surface area contributed by atoms with E-state index in [0.29, 0.717) is 6.04 Å². The second kappa shape index (κ2) is 6.19. The largest absolute Gasteiger partial charge is 0.314 e. The van der Waals surface area contributed by atoms with Crippen molar-refractivity contribution in [3.05, 3.63) is 0 Å². The highest BCUT2D eigenvalue weighted by Crippen LogP contribution is 2.30. The van der Waals surface area contributed by atoms with E-state index in [4.69, 9.17) is 0 Å². The Kier molecular flexibility index (Phi) is 5.45. The molecule has 0 aromatic carbocycles. The summed E-state index contributed by atoms with van der Waals surface area (Å²) in [6.45, 7) is 8.97. The summed E-state index contributed by atoms with van der Waals surface area (Å²) < 4.78 is 24.7. The summed E-state index contributed by atoms with van der Waals surface area (Å²) in [6.07, 6.45) is 3.76. The van der Waals surface area contributed by atoms with Crippen LogP contribution in [0.2, 0.25) is 0 Å². The molecule has 0 radical (unpaired) electrons. The van der Waals surface area contributed by atoms with Crippen molar-refractivity contribution < 1.29 is 8.42 Å². The fourth-order valence-electron chi connectivity index (χ4n) is 2.46. The third-order valence-electron chi connectivity index (χ3n) is 3.99. The van der Waals surface area contributed by atoms with E-state index >= 15 is 0 Å². The molecule has 17 heavy (non-hydrogen) atoms. The molecule has 3 unspecified atom stereocenters. The van der Waals surface area contributed by atoms with Crippen LogP contribution in [0.1, 0.15) is 53.4 Å². The van der Waals surface area contributed by atoms with Crippen molar-refractivity contribution in [2.24, 2.45) is 5.92 Å². The van der Waals surface area contributed by atoms with Crippen LogP contribution in [0.25, 0.3) is 0 Å². The van der Waals surface area contributed by atoms with Gasteiger partial charge in [-0.05, 0) is 45.1 Å². The lowest BCUT2D eigenvalue weighted by Crippen LogP contribution is -2.34. The Hall–Kier alpha value is -0.0900. The molecule has 0 spiro atoms. The summed E-state index contributed by atoms with van der Waals surface area (Å²) in [7, 11) is -2.94. The third kappa shape index (κ3) is 3.68. The second-order valence-electron chi connectivity index (χ2n) is 5.62. The first kappa shape index (κ1) is 15.0. The van der Waals surface area contributed by atoms with E-state index in [9.17, 15) is 8.42 Å². The van der Waals surface area contributed by atoms with Gasteiger partial charge in [0.15, 0.2) is 9.84 Å². The molecule has 0 amide bonds. The Bertz CT molecular complexity index is 324. The minimum atomic E-state index is -2.94. The molecule has 0 aliphatic heterocycles. The van der Waals surface area contributed by atoms with Crippen molar-refractivity contribution in [3.63, 3.8) is 0 Å². The molecule has 0 aromatic heterocycles. The lowest BCUT2D eigenvalue weighted by atomic mass is 10.2. The van der Waals surface area contributed by atoms with Crippen LogP contribution in [0.15, 0.2) is 0 Å². The summed E-state index contributed by atoms with van der Waals surface area (Å²) in [4.78, 5) is 0. The molecule has 4 heteroatoms. The fourth-order valence-corrected chi connectivity index (χ4v) is 4.79. The van der Waals surface area contributed by atoms with Gasteiger partial charge in [-0.25, -0.2) is 8.42 Å². The highest BCUT2D eigenvalue weighted by molar-refractivity contribution is 7.92. The Morgan fingerprint density at radius 3 is 2.41 bits per heavy atom. The van der Waals surface area contributed by atoms with Crippen LogP contribution >= 0.6 is 0 Å². The average molecular weight is 261 g/mol. The van der Waals surface area contributed by atoms with Gasteiger partial charge in [0.2, 0.25) is 0 Å². The summed E-state index contributed by atoms with van der Waals surface area (Å²) in [5.41, 5.74) is 0. The quantitative estimate of drug-likeness (QED) is 0.798. The number of sulfone groups is 1. The van der Waals surface area contributed by atoms with Crippen LogP contribution in [0, 0.1) is 5.92 Å². The number of rotatable bonds is 6. The zero-order valence-electron chi connectivity index (χ0n) is 11.6. The van der Waals surface area contributed by atoms with Gasteiger partial charge in [-0.15, -0.1) is 0 Å². The topological polar surface area (TPSA) is 46.2 Å². The van der Waals surface area contributed by atoms with E-state index in [-0.39, 0.29) is 16.4 Å². The monoisotopic (exact) mass is 261 g/mol. The van der Waals surface area contributed by atoms with Crippen LogP contribution in [-0.4, -0.2) is 31.5 Å². The summed E-state index contributed by atoms with van der Waals surface area (Å²) in [5, 5.41) is 3.11. The van der Waals surface area contributed by atoms with Crippen LogP contribution < -0.4 is 5.32 Å². The van der Waals surface area contributed by atoms with Gasteiger partial charge < -0.3 is 5.32 Å². The van der Waals surface area contributed by atoms with Gasteiger partial charge in [0.05, 0.1) is 10.5 Å². The maximum Gasteiger partial charge on any atom is 0.156 e. The van der Waals surface area contributed by atoms with Crippen molar-refractivity contribution in [2.45, 2.75) is 69.9 Å². The van der Waals surface area contributed by atoms with Gasteiger partial charge >= 0.3 is 0 Å². The van der Waals surface area contributed by atoms with Crippen LogP contribution in [-0.2, 0) is 9.84 Å². The van der Waals surface area contributed by atoms with E-state index in [1.54, 1.807) is 0 Å². The first-order valence-electron chi connectivity index (χ1n) is 6.85. The highest BCUT2D eigenvalue weighted by Gasteiger charge is 2.37. The molecular weight excluding hydrogens is 234 g/mol. The summed E-state index contributed by atoms with van der Waals surface area (Å²) in [5.74, 6) is 0.211. The van der Waals surface area contributed by atoms with Crippen molar-refractivity contribution in [3.8, 4) is 0 Å². The molecule has 1 aliphatic carbocycles. The van der Waals surface area contributed by atoms with Crippen molar-refractivity contribution >= 4 is 9.84 Å². The molecule has 0 aromatic rings. The normalized spacial score (nSPS) is 27.6. The predicted molar refractivity (Wildman–Crippen MR) is 72.9 cm³/mol. The first-order chi connectivity index (χ1) is 7.89. The minimum absolute atomic E-state index is 0.116. The van der Waals surface area contributed by atoms with Crippen LogP contribution in [0.3, 0.4) is 0 Å². The Balaban J connectivity index is 2.58. The Morgan fingerprint density at radius 1 is 1.24 bits per heavy atom. The van der Waals surface area contributed by atoms with Gasteiger partial charge in [-0.3, -0.25) is 0 Å². The van der Waals surface area contributed by atoms with Crippen molar-refractivity contribution in [1.29, 1.82) is 0 Å². The van der Waals surface area contributed by atoms with E-state index in [0.717, 1.165) is 32.2 Å². The molecule has 1 rings (SSSR count). The first-order valence-corrected chi connectivity index (χ1v) is 8.46. The second-order valence-corrected chi connectivity index (χ2v) is 8.21. The lowest BCUT2D eigenvalue weighted by Gasteiger charge is -2.21. The van der Waals surface area contributed by atoms with E-state index in [2.05, 4.69) is 12.2 Å². The maximum absolute atomic E-state index is 12.4. The van der Waals surface area contributed by atoms with Crippen molar-refractivity contribution in [1.82, 2.24) is 5.32 Å². The standard InChI is InChI=1S/C13H27NO2S/c1-5-8-14-12-6-7-13(9-12)17(15,16)11(4)10(2)3/h10-14H,5-9H2,1-4H3. The lowest BCUT2D eigenvalue weighted by molar-refractivity contribution is 0.512. The van der Waals surface area contributed by atoms with Gasteiger partial charge in [0.25, 0.3) is 0 Å². The minimum Gasteiger partial charge on any atom is -0.314 e. The zero-order valence-corrected chi connectivity index (χ0v) is 12.4. The molecule has 1 saturated carbocycles. The molecular formula is C13H27NO2S. The molecule has 0 bridgehead atoms. The summed E-state index contributed by atoms with van der Waals surface area (Å²) in [6, 6.07) is 0.411. The molecule has 0 saturated heterocycles. The summed E-state index contributed by atoms with van der Waals surface area (Å²) >= 11 is 0. The number of hydrogen-bond donors (Lipinski definition) is 1. The van der Waals surface area contributed by atoms with Crippen LogP contribution in [0.5, 0.6) is 0 Å². The van der Waals surface area contributed by atoms with Crippen LogP contribution in [0.4, 0.5) is 0 Å². The molecule has 1 N–H and O–H groups in total. The zero-order chi connectivity index (χ0) is 13.1. The highest BCUT2D eigenvalue weighted by atomic mass is 32.2. The van der Waals surface area contributed by atoms with E-state index in [1.807, 2.05) is 20.8 Å². The van der Waals surface area contributed by atoms with E-state index in [1.165, 1.54) is 0 Å². The molecule has 102 valence electrons. The predicted octanol–water partition coefficient (Wildman–Crippen LogP) is 2.37. The Labute approximate surface area is 106 Å². The fraction of sp³-hybridized carbons (Fsp3) is 1.00. The van der Waals surface area contributed by atoms with Crippen molar-refractivity contribution in [2.75, 3.05) is 6.54 Å². The number of nitrogens with one attached hydrogen (secondary N) is 1. The van der Waals surface area contributed by atoms with E-state index < -0.39 is 9.84 Å². The molecule has 3 atom stereocenters. The van der Waals surface area contributed by atoms with Gasteiger partial charge in [0, 0.05) is 6.04 Å². The molecule has 0 heterocycles. The van der Waals surface area contributed by atoms with Gasteiger partial charge in [-0.1, -0.05) is 20.8 Å². The molecule has 3 nitrogen and oxygen atoms in total. The Morgan fingerprint density at radius 2 is 1.88 bits per heavy atom. The average Bonchev–Trinajstić information content (AvgIpc) is 2.74. The smallest absolute Gasteiger partial charge is 0.156 e. The third-order valence-corrected chi connectivity index (χ3v) is 6.93.